The average Bonchev–Trinajstić information content (AvgIpc) is 3.32. The molecule has 0 atom stereocenters. The Kier molecular flexibility index (Phi) is 6.17. The summed E-state index contributed by atoms with van der Waals surface area (Å²) in [4.78, 5) is 25.6. The molecule has 3 aromatic carbocycles. The van der Waals surface area contributed by atoms with Crippen molar-refractivity contribution < 1.29 is 14.3 Å². The summed E-state index contributed by atoms with van der Waals surface area (Å²) in [5, 5.41) is 2.90. The highest BCUT2D eigenvalue weighted by atomic mass is 16.5. The predicted molar refractivity (Wildman–Crippen MR) is 131 cm³/mol. The molecular formula is C27H21N5O3. The number of hydrogen-bond acceptors (Lipinski definition) is 6. The zero-order chi connectivity index (χ0) is 24.0. The van der Waals surface area contributed by atoms with Crippen molar-refractivity contribution in [2.45, 2.75) is 6.92 Å². The number of para-hydroxylation sites is 2. The van der Waals surface area contributed by atoms with Gasteiger partial charge >= 0.3 is 0 Å². The first kappa shape index (κ1) is 21.8. The number of anilines is 1. The molecule has 0 aliphatic rings. The second-order valence-corrected chi connectivity index (χ2v) is 7.55. The van der Waals surface area contributed by atoms with Gasteiger partial charge in [0, 0.05) is 24.1 Å². The molecule has 8 nitrogen and oxygen atoms in total. The van der Waals surface area contributed by atoms with Crippen LogP contribution in [0.15, 0.2) is 104 Å². The second-order valence-electron chi connectivity index (χ2n) is 7.55. The summed E-state index contributed by atoms with van der Waals surface area (Å²) < 4.78 is 13.6. The minimum atomic E-state index is -0.277. The van der Waals surface area contributed by atoms with Crippen molar-refractivity contribution in [2.24, 2.45) is 0 Å². The van der Waals surface area contributed by atoms with E-state index in [1.54, 1.807) is 54.7 Å². The largest absolute Gasteiger partial charge is 0.457 e. The Labute approximate surface area is 201 Å². The second kappa shape index (κ2) is 9.88. The zero-order valence-electron chi connectivity index (χ0n) is 18.8. The van der Waals surface area contributed by atoms with Gasteiger partial charge in [0.1, 0.15) is 35.2 Å². The number of benzene rings is 3. The highest BCUT2D eigenvalue weighted by molar-refractivity contribution is 6.06. The number of rotatable bonds is 7. The van der Waals surface area contributed by atoms with Crippen LogP contribution in [0.4, 0.5) is 5.69 Å². The van der Waals surface area contributed by atoms with E-state index in [1.807, 2.05) is 54.1 Å². The molecule has 172 valence electrons. The molecule has 2 aromatic heterocycles. The highest BCUT2D eigenvalue weighted by Crippen LogP contribution is 2.27. The van der Waals surface area contributed by atoms with Crippen molar-refractivity contribution in [1.82, 2.24) is 19.5 Å². The standard InChI is InChI=1S/C27H21N5O3/c1-19-28-15-16-32(19)25-17-26(30-18-29-25)35-22-13-11-20(12-14-22)31-27(33)23-9-5-6-10-24(23)34-21-7-3-2-4-8-21/h2-18H,1H3,(H,31,33). The first-order valence-electron chi connectivity index (χ1n) is 10.9. The van der Waals surface area contributed by atoms with Gasteiger partial charge in [-0.25, -0.2) is 15.0 Å². The van der Waals surface area contributed by atoms with Crippen LogP contribution >= 0.6 is 0 Å². The van der Waals surface area contributed by atoms with Crippen molar-refractivity contribution >= 4 is 11.6 Å². The number of ether oxygens (including phenoxy) is 2. The zero-order valence-corrected chi connectivity index (χ0v) is 18.8. The third-order valence-corrected chi connectivity index (χ3v) is 5.14. The van der Waals surface area contributed by atoms with Crippen LogP contribution in [0.1, 0.15) is 16.2 Å². The lowest BCUT2D eigenvalue weighted by molar-refractivity contribution is 0.102. The molecule has 2 heterocycles. The predicted octanol–water partition coefficient (Wildman–Crippen LogP) is 5.81. The fourth-order valence-corrected chi connectivity index (χ4v) is 3.42. The van der Waals surface area contributed by atoms with E-state index in [0.29, 0.717) is 40.2 Å². The number of imidazole rings is 1. The van der Waals surface area contributed by atoms with Crippen molar-refractivity contribution in [2.75, 3.05) is 5.32 Å². The summed E-state index contributed by atoms with van der Waals surface area (Å²) in [6, 6.07) is 25.2. The molecule has 0 aliphatic carbocycles. The summed E-state index contributed by atoms with van der Waals surface area (Å²) in [6.07, 6.45) is 4.97. The topological polar surface area (TPSA) is 91.2 Å². The van der Waals surface area contributed by atoms with Crippen molar-refractivity contribution in [3.63, 3.8) is 0 Å². The lowest BCUT2D eigenvalue weighted by Crippen LogP contribution is -2.12. The Morgan fingerprint density at radius 2 is 1.57 bits per heavy atom. The molecule has 0 radical (unpaired) electrons. The Morgan fingerprint density at radius 1 is 0.829 bits per heavy atom. The fraction of sp³-hybridized carbons (Fsp3) is 0.0370. The van der Waals surface area contributed by atoms with Crippen LogP contribution in [0.2, 0.25) is 0 Å². The Morgan fingerprint density at radius 3 is 2.34 bits per heavy atom. The number of hydrogen-bond donors (Lipinski definition) is 1. The Balaban J connectivity index is 1.27. The quantitative estimate of drug-likeness (QED) is 0.328. The van der Waals surface area contributed by atoms with Crippen LogP contribution in [-0.2, 0) is 0 Å². The van der Waals surface area contributed by atoms with E-state index in [-0.39, 0.29) is 5.91 Å². The number of nitrogens with zero attached hydrogens (tertiary/aromatic N) is 4. The van der Waals surface area contributed by atoms with Gasteiger partial charge in [-0.1, -0.05) is 30.3 Å². The summed E-state index contributed by atoms with van der Waals surface area (Å²) in [7, 11) is 0. The van der Waals surface area contributed by atoms with Crippen molar-refractivity contribution in [1.29, 1.82) is 0 Å². The molecule has 0 saturated heterocycles. The summed E-state index contributed by atoms with van der Waals surface area (Å²) in [5.41, 5.74) is 1.05. The van der Waals surface area contributed by atoms with E-state index in [2.05, 4.69) is 20.3 Å². The van der Waals surface area contributed by atoms with Crippen LogP contribution in [0.25, 0.3) is 5.82 Å². The molecule has 0 spiro atoms. The van der Waals surface area contributed by atoms with E-state index < -0.39 is 0 Å². The smallest absolute Gasteiger partial charge is 0.259 e. The van der Waals surface area contributed by atoms with Gasteiger partial charge in [0.25, 0.3) is 5.91 Å². The van der Waals surface area contributed by atoms with Crippen LogP contribution in [0.5, 0.6) is 23.1 Å². The molecule has 0 saturated carbocycles. The van der Waals surface area contributed by atoms with Gasteiger partial charge in [0.15, 0.2) is 0 Å². The minimum Gasteiger partial charge on any atom is -0.457 e. The van der Waals surface area contributed by atoms with Crippen molar-refractivity contribution in [3.8, 4) is 28.9 Å². The third-order valence-electron chi connectivity index (χ3n) is 5.14. The van der Waals surface area contributed by atoms with Gasteiger partial charge in [-0.3, -0.25) is 9.36 Å². The monoisotopic (exact) mass is 463 g/mol. The first-order chi connectivity index (χ1) is 17.2. The lowest BCUT2D eigenvalue weighted by atomic mass is 10.1. The van der Waals surface area contributed by atoms with Crippen LogP contribution in [0, 0.1) is 6.92 Å². The maximum atomic E-state index is 12.9. The average molecular weight is 463 g/mol. The van der Waals surface area contributed by atoms with Gasteiger partial charge in [-0.2, -0.15) is 0 Å². The molecule has 0 aliphatic heterocycles. The number of nitrogens with one attached hydrogen (secondary N) is 1. The SMILES string of the molecule is Cc1nccn1-c1cc(Oc2ccc(NC(=O)c3ccccc3Oc3ccccc3)cc2)ncn1. The molecule has 0 bridgehead atoms. The van der Waals surface area contributed by atoms with Gasteiger partial charge in [0.05, 0.1) is 5.56 Å². The molecule has 5 aromatic rings. The van der Waals surface area contributed by atoms with Gasteiger partial charge in [0.2, 0.25) is 5.88 Å². The van der Waals surface area contributed by atoms with Crippen LogP contribution in [0.3, 0.4) is 0 Å². The number of amides is 1. The van der Waals surface area contributed by atoms with E-state index >= 15 is 0 Å². The lowest BCUT2D eigenvalue weighted by Gasteiger charge is -2.12. The van der Waals surface area contributed by atoms with E-state index in [4.69, 9.17) is 9.47 Å². The maximum Gasteiger partial charge on any atom is 0.259 e. The van der Waals surface area contributed by atoms with Gasteiger partial charge in [-0.15, -0.1) is 0 Å². The normalized spacial score (nSPS) is 10.5. The van der Waals surface area contributed by atoms with Gasteiger partial charge in [-0.05, 0) is 55.5 Å². The van der Waals surface area contributed by atoms with E-state index in [1.165, 1.54) is 6.33 Å². The van der Waals surface area contributed by atoms with Crippen molar-refractivity contribution in [3.05, 3.63) is 115 Å². The number of aryl methyl sites for hydroxylation is 1. The van der Waals surface area contributed by atoms with Crippen LogP contribution < -0.4 is 14.8 Å². The summed E-state index contributed by atoms with van der Waals surface area (Å²) in [5.74, 6) is 3.29. The minimum absolute atomic E-state index is 0.277. The van der Waals surface area contributed by atoms with Gasteiger partial charge < -0.3 is 14.8 Å². The molecule has 0 fully saturated rings. The number of carbonyl (C=O) groups excluding carboxylic acids is 1. The summed E-state index contributed by atoms with van der Waals surface area (Å²) >= 11 is 0. The van der Waals surface area contributed by atoms with E-state index in [0.717, 1.165) is 5.82 Å². The van der Waals surface area contributed by atoms with Crippen LogP contribution in [-0.4, -0.2) is 25.4 Å². The molecule has 1 amide bonds. The Hall–Kier alpha value is -4.98. The maximum absolute atomic E-state index is 12.9. The Bertz CT molecular complexity index is 1450. The summed E-state index contributed by atoms with van der Waals surface area (Å²) in [6.45, 7) is 1.89. The van der Waals surface area contributed by atoms with E-state index in [9.17, 15) is 4.79 Å². The molecular weight excluding hydrogens is 442 g/mol. The molecule has 8 heteroatoms. The first-order valence-corrected chi connectivity index (χ1v) is 10.9. The number of carbonyl (C=O) groups is 1. The molecule has 35 heavy (non-hydrogen) atoms. The molecule has 0 unspecified atom stereocenters. The number of aromatic nitrogens is 4. The fourth-order valence-electron chi connectivity index (χ4n) is 3.42. The molecule has 1 N–H and O–H groups in total. The highest BCUT2D eigenvalue weighted by Gasteiger charge is 2.13. The third kappa shape index (κ3) is 5.17. The molecule has 5 rings (SSSR count).